The number of esters is 1. The Balaban J connectivity index is 1.78. The fourth-order valence-electron chi connectivity index (χ4n) is 3.92. The zero-order valence-electron chi connectivity index (χ0n) is 23.0. The van der Waals surface area contributed by atoms with Crippen LogP contribution in [0.25, 0.3) is 11.2 Å². The Labute approximate surface area is 230 Å². The first-order chi connectivity index (χ1) is 18.6. The lowest BCUT2D eigenvalue weighted by Crippen LogP contribution is -2.49. The van der Waals surface area contributed by atoms with Gasteiger partial charge in [-0.1, -0.05) is 19.1 Å². The maximum atomic E-state index is 14.2. The average molecular weight is 586 g/mol. The fraction of sp³-hybridized carbons (Fsp3) is 0.520. The second-order valence-corrected chi connectivity index (χ2v) is 12.2. The van der Waals surface area contributed by atoms with Crippen LogP contribution in [0.4, 0.5) is 19.0 Å². The number of imidazole rings is 1. The Hall–Kier alpha value is -3.06. The summed E-state index contributed by atoms with van der Waals surface area (Å²) in [6.45, 7) is 8.84. The van der Waals surface area contributed by atoms with Gasteiger partial charge in [0.05, 0.1) is 31.1 Å². The van der Waals surface area contributed by atoms with E-state index in [4.69, 9.17) is 15.2 Å². The van der Waals surface area contributed by atoms with Crippen LogP contribution in [0.15, 0.2) is 36.9 Å². The number of anilines is 1. The van der Waals surface area contributed by atoms with Crippen molar-refractivity contribution in [2.45, 2.75) is 71.4 Å². The van der Waals surface area contributed by atoms with E-state index >= 15 is 0 Å². The summed E-state index contributed by atoms with van der Waals surface area (Å²) >= 11 is 0. The van der Waals surface area contributed by atoms with Crippen LogP contribution in [0, 0.1) is 0 Å². The maximum absolute atomic E-state index is 14.2. The number of benzene rings is 1. The van der Waals surface area contributed by atoms with Gasteiger partial charge in [0.1, 0.15) is 23.7 Å². The summed E-state index contributed by atoms with van der Waals surface area (Å²) in [4.78, 5) is 25.0. The van der Waals surface area contributed by atoms with E-state index in [1.54, 1.807) is 24.7 Å². The molecule has 11 nitrogen and oxygen atoms in total. The SMILES string of the molecule is CCCOC(=O)C(C)(C)NP(=O)(CO[C@@H](C)Cn1cnc2c(N)ncnc21)N[C@@H](C)c1ccc(C(F)(F)F)cc1. The van der Waals surface area contributed by atoms with Crippen molar-refractivity contribution in [1.29, 1.82) is 0 Å². The topological polar surface area (TPSA) is 146 Å². The zero-order valence-corrected chi connectivity index (χ0v) is 23.9. The summed E-state index contributed by atoms with van der Waals surface area (Å²) in [6.07, 6.45) is -1.81. The molecule has 0 spiro atoms. The van der Waals surface area contributed by atoms with E-state index in [-0.39, 0.29) is 18.8 Å². The smallest absolute Gasteiger partial charge is 0.416 e. The number of ether oxygens (including phenoxy) is 2. The molecule has 220 valence electrons. The summed E-state index contributed by atoms with van der Waals surface area (Å²) in [5.74, 6) is -0.363. The van der Waals surface area contributed by atoms with E-state index in [0.29, 0.717) is 29.7 Å². The molecule has 0 amide bonds. The molecule has 0 saturated heterocycles. The number of nitrogens with one attached hydrogen (secondary N) is 2. The molecule has 0 radical (unpaired) electrons. The van der Waals surface area contributed by atoms with Gasteiger partial charge in [0.25, 0.3) is 0 Å². The lowest BCUT2D eigenvalue weighted by atomic mass is 10.1. The fourth-order valence-corrected chi connectivity index (χ4v) is 6.35. The number of nitrogens with zero attached hydrogens (tertiary/aromatic N) is 4. The Morgan fingerprint density at radius 3 is 2.45 bits per heavy atom. The highest BCUT2D eigenvalue weighted by molar-refractivity contribution is 7.59. The number of nitrogen functional groups attached to an aromatic ring is 1. The van der Waals surface area contributed by atoms with E-state index in [1.807, 2.05) is 6.92 Å². The maximum Gasteiger partial charge on any atom is 0.416 e. The van der Waals surface area contributed by atoms with Crippen molar-refractivity contribution in [2.24, 2.45) is 0 Å². The monoisotopic (exact) mass is 585 g/mol. The van der Waals surface area contributed by atoms with E-state index in [9.17, 15) is 22.5 Å². The molecule has 40 heavy (non-hydrogen) atoms. The predicted octanol–water partition coefficient (Wildman–Crippen LogP) is 4.66. The van der Waals surface area contributed by atoms with Crippen LogP contribution in [0.1, 0.15) is 58.2 Å². The minimum atomic E-state index is -4.47. The Morgan fingerprint density at radius 2 is 1.82 bits per heavy atom. The number of hydrogen-bond donors (Lipinski definition) is 3. The van der Waals surface area contributed by atoms with Gasteiger partial charge in [0.15, 0.2) is 11.5 Å². The van der Waals surface area contributed by atoms with Gasteiger partial charge in [-0.25, -0.2) is 25.1 Å². The first-order valence-electron chi connectivity index (χ1n) is 12.7. The number of aromatic nitrogens is 4. The number of halogens is 3. The van der Waals surface area contributed by atoms with Gasteiger partial charge in [0.2, 0.25) is 7.44 Å². The molecule has 0 bridgehead atoms. The molecule has 2 aromatic heterocycles. The molecule has 1 aromatic carbocycles. The lowest BCUT2D eigenvalue weighted by Gasteiger charge is -2.33. The average Bonchev–Trinajstić information content (AvgIpc) is 3.29. The molecule has 3 atom stereocenters. The van der Waals surface area contributed by atoms with Crippen LogP contribution >= 0.6 is 7.44 Å². The number of carbonyl (C=O) groups is 1. The van der Waals surface area contributed by atoms with Gasteiger partial charge >= 0.3 is 12.1 Å². The van der Waals surface area contributed by atoms with Crippen LogP contribution in [0.5, 0.6) is 0 Å². The van der Waals surface area contributed by atoms with E-state index < -0.39 is 42.8 Å². The molecule has 2 heterocycles. The number of nitrogens with two attached hydrogens (primary N) is 1. The second kappa shape index (κ2) is 12.6. The standard InChI is InChI=1S/C25H35F3N7O4P/c1-6-11-38-23(36)24(4,5)34-40(37,33-17(3)18-7-9-19(10-8-18)25(26,27)28)15-39-16(2)12-35-14-32-20-21(29)30-13-31-22(20)35/h7-10,13-14,16-17H,6,11-12,15H2,1-5H3,(H2,29,30,31)(H2,33,34,37)/t16-,17-,40?/m0/s1. The molecule has 4 N–H and O–H groups in total. The number of hydrogen-bond acceptors (Lipinski definition) is 8. The highest BCUT2D eigenvalue weighted by atomic mass is 31.2. The minimum absolute atomic E-state index is 0.199. The van der Waals surface area contributed by atoms with Gasteiger partial charge in [-0.15, -0.1) is 0 Å². The highest BCUT2D eigenvalue weighted by Crippen LogP contribution is 2.42. The summed E-state index contributed by atoms with van der Waals surface area (Å²) in [7, 11) is -3.71. The van der Waals surface area contributed by atoms with Crippen molar-refractivity contribution < 1.29 is 32.0 Å². The molecule has 15 heteroatoms. The summed E-state index contributed by atoms with van der Waals surface area (Å²) in [5.41, 5.74) is 5.12. The molecule has 0 aliphatic carbocycles. The van der Waals surface area contributed by atoms with Crippen molar-refractivity contribution in [3.05, 3.63) is 48.0 Å². The van der Waals surface area contributed by atoms with E-state index in [0.717, 1.165) is 12.1 Å². The first kappa shape index (κ1) is 31.5. The number of fused-ring (bicyclic) bond motifs is 1. The third-order valence-corrected chi connectivity index (χ3v) is 8.21. The number of rotatable bonds is 13. The number of alkyl halides is 3. The minimum Gasteiger partial charge on any atom is -0.464 e. The highest BCUT2D eigenvalue weighted by Gasteiger charge is 2.38. The Kier molecular flexibility index (Phi) is 9.94. The Morgan fingerprint density at radius 1 is 1.15 bits per heavy atom. The largest absolute Gasteiger partial charge is 0.464 e. The molecule has 0 saturated carbocycles. The molecular weight excluding hydrogens is 550 g/mol. The molecule has 0 fully saturated rings. The van der Waals surface area contributed by atoms with Gasteiger partial charge < -0.3 is 19.8 Å². The number of carbonyl (C=O) groups excluding carboxylic acids is 1. The van der Waals surface area contributed by atoms with E-state index in [2.05, 4.69) is 25.1 Å². The van der Waals surface area contributed by atoms with Crippen LogP contribution in [0.2, 0.25) is 0 Å². The molecule has 0 aliphatic rings. The van der Waals surface area contributed by atoms with Gasteiger partial charge in [0, 0.05) is 6.04 Å². The normalized spacial score (nSPS) is 15.5. The van der Waals surface area contributed by atoms with Crippen LogP contribution < -0.4 is 15.9 Å². The van der Waals surface area contributed by atoms with Crippen LogP contribution in [0.3, 0.4) is 0 Å². The van der Waals surface area contributed by atoms with Crippen LogP contribution in [-0.4, -0.2) is 50.1 Å². The third kappa shape index (κ3) is 8.00. The molecule has 3 rings (SSSR count). The van der Waals surface area contributed by atoms with Crippen LogP contribution in [-0.2, 0) is 31.6 Å². The first-order valence-corrected chi connectivity index (χ1v) is 14.6. The second-order valence-electron chi connectivity index (χ2n) is 10.0. The molecule has 3 aromatic rings. The van der Waals surface area contributed by atoms with Crippen molar-refractivity contribution in [3.63, 3.8) is 0 Å². The van der Waals surface area contributed by atoms with Crippen molar-refractivity contribution in [3.8, 4) is 0 Å². The van der Waals surface area contributed by atoms with Crippen molar-refractivity contribution in [1.82, 2.24) is 29.7 Å². The Bertz CT molecular complexity index is 1350. The van der Waals surface area contributed by atoms with Crippen molar-refractivity contribution in [2.75, 3.05) is 18.7 Å². The summed E-state index contributed by atoms with van der Waals surface area (Å²) in [6, 6.07) is 3.89. The zero-order chi connectivity index (χ0) is 29.7. The van der Waals surface area contributed by atoms with E-state index in [1.165, 1.54) is 32.3 Å². The van der Waals surface area contributed by atoms with Gasteiger partial charge in [-0.05, 0) is 51.8 Å². The summed E-state index contributed by atoms with van der Waals surface area (Å²) in [5, 5.41) is 5.84. The third-order valence-electron chi connectivity index (χ3n) is 5.97. The summed E-state index contributed by atoms with van der Waals surface area (Å²) < 4.78 is 66.1. The van der Waals surface area contributed by atoms with Gasteiger partial charge in [-0.3, -0.25) is 9.36 Å². The quantitative estimate of drug-likeness (QED) is 0.191. The molecule has 0 aliphatic heterocycles. The van der Waals surface area contributed by atoms with Gasteiger partial charge in [-0.2, -0.15) is 13.2 Å². The predicted molar refractivity (Wildman–Crippen MR) is 144 cm³/mol. The van der Waals surface area contributed by atoms with Crippen molar-refractivity contribution >= 4 is 30.4 Å². The molecular formula is C25H35F3N7O4P. The lowest BCUT2D eigenvalue weighted by molar-refractivity contribution is -0.149. The molecule has 1 unspecified atom stereocenters.